The van der Waals surface area contributed by atoms with Crippen molar-refractivity contribution in [2.75, 3.05) is 6.61 Å². The number of hydrogen-bond donors (Lipinski definition) is 0. The molecule has 1 atom stereocenters. The summed E-state index contributed by atoms with van der Waals surface area (Å²) in [6.45, 7) is 7.25. The molecule has 0 aliphatic carbocycles. The van der Waals surface area contributed by atoms with Gasteiger partial charge in [0.05, 0.1) is 12.7 Å². The van der Waals surface area contributed by atoms with Crippen LogP contribution in [0.1, 0.15) is 117 Å². The fourth-order valence-electron chi connectivity index (χ4n) is 2.68. The van der Waals surface area contributed by atoms with E-state index in [0.29, 0.717) is 6.61 Å². The van der Waals surface area contributed by atoms with E-state index in [-0.39, 0.29) is 6.10 Å². The minimum absolute atomic E-state index is 0.195. The van der Waals surface area contributed by atoms with Gasteiger partial charge in [0.25, 0.3) is 0 Å². The van der Waals surface area contributed by atoms with Gasteiger partial charge in [-0.05, 0) is 19.3 Å². The molecule has 0 rings (SSSR count). The van der Waals surface area contributed by atoms with Crippen molar-refractivity contribution >= 4 is 0 Å². The molecule has 1 unspecified atom stereocenters. The van der Waals surface area contributed by atoms with Gasteiger partial charge in [-0.15, -0.1) is 0 Å². The Kier molecular flexibility index (Phi) is 19.8. The van der Waals surface area contributed by atoms with Crippen LogP contribution in [0.15, 0.2) is 0 Å². The molecule has 0 amide bonds. The first-order valence-corrected chi connectivity index (χ1v) is 10.3. The number of hydrogen-bond acceptors (Lipinski definition) is 3. The van der Waals surface area contributed by atoms with Gasteiger partial charge in [-0.1, -0.05) is 103 Å². The van der Waals surface area contributed by atoms with E-state index in [0.717, 1.165) is 25.7 Å². The van der Waals surface area contributed by atoms with Gasteiger partial charge >= 0.3 is 0 Å². The van der Waals surface area contributed by atoms with E-state index in [2.05, 4.69) is 20.8 Å². The maximum Gasteiger partial charge on any atom is 0.0961 e. The summed E-state index contributed by atoms with van der Waals surface area (Å²) in [6.07, 6.45) is 19.2. The van der Waals surface area contributed by atoms with E-state index in [9.17, 15) is 0 Å². The summed E-state index contributed by atoms with van der Waals surface area (Å²) in [7, 11) is 0. The van der Waals surface area contributed by atoms with E-state index >= 15 is 0 Å². The van der Waals surface area contributed by atoms with E-state index in [1.54, 1.807) is 0 Å². The second-order valence-corrected chi connectivity index (χ2v) is 6.72. The highest BCUT2D eigenvalue weighted by Crippen LogP contribution is 2.16. The number of rotatable bonds is 19. The first-order valence-electron chi connectivity index (χ1n) is 10.3. The Balaban J connectivity index is 3.51. The van der Waals surface area contributed by atoms with Crippen LogP contribution in [0.25, 0.3) is 0 Å². The zero-order valence-electron chi connectivity index (χ0n) is 16.1. The van der Waals surface area contributed by atoms with Crippen LogP contribution < -0.4 is 0 Å². The third-order valence-corrected chi connectivity index (χ3v) is 4.31. The molecule has 0 aromatic rings. The van der Waals surface area contributed by atoms with Crippen molar-refractivity contribution in [2.45, 2.75) is 123 Å². The van der Waals surface area contributed by atoms with Crippen molar-refractivity contribution in [1.82, 2.24) is 0 Å². The summed E-state index contributed by atoms with van der Waals surface area (Å²) in [6, 6.07) is 0. The average Bonchev–Trinajstić information content (AvgIpc) is 2.57. The highest BCUT2D eigenvalue weighted by atomic mass is 17.5. The monoisotopic (exact) mass is 330 g/mol. The fraction of sp³-hybridized carbons (Fsp3) is 1.00. The third kappa shape index (κ3) is 18.1. The van der Waals surface area contributed by atoms with Crippen LogP contribution in [0.4, 0.5) is 0 Å². The van der Waals surface area contributed by atoms with Gasteiger partial charge in [0.15, 0.2) is 0 Å². The van der Waals surface area contributed by atoms with E-state index in [4.69, 9.17) is 14.8 Å². The molecular formula is C20H42O3. The molecule has 0 radical (unpaired) electrons. The normalized spacial score (nSPS) is 12.7. The molecule has 0 saturated carbocycles. The van der Waals surface area contributed by atoms with E-state index in [1.165, 1.54) is 70.6 Å². The Bertz CT molecular complexity index is 209. The van der Waals surface area contributed by atoms with Gasteiger partial charge in [0, 0.05) is 0 Å². The van der Waals surface area contributed by atoms with Crippen LogP contribution in [-0.4, -0.2) is 12.7 Å². The summed E-state index contributed by atoms with van der Waals surface area (Å²) in [5.74, 6) is 0. The van der Waals surface area contributed by atoms with Crippen molar-refractivity contribution in [2.24, 2.45) is 0 Å². The second kappa shape index (κ2) is 19.9. The van der Waals surface area contributed by atoms with Crippen molar-refractivity contribution < 1.29 is 14.8 Å². The van der Waals surface area contributed by atoms with Gasteiger partial charge in [-0.2, -0.15) is 0 Å². The summed E-state index contributed by atoms with van der Waals surface area (Å²) < 4.78 is 0. The fourth-order valence-corrected chi connectivity index (χ4v) is 2.68. The van der Waals surface area contributed by atoms with E-state index in [1.807, 2.05) is 0 Å². The molecule has 0 aromatic carbocycles. The number of unbranched alkanes of at least 4 members (excludes halogenated alkanes) is 10. The van der Waals surface area contributed by atoms with Crippen molar-refractivity contribution in [3.05, 3.63) is 0 Å². The highest BCUT2D eigenvalue weighted by molar-refractivity contribution is 4.57. The molecule has 0 N–H and O–H groups in total. The summed E-state index contributed by atoms with van der Waals surface area (Å²) in [5, 5.41) is 4.93. The van der Waals surface area contributed by atoms with Gasteiger partial charge in [-0.25, -0.2) is 9.78 Å². The molecular weight excluding hydrogens is 288 g/mol. The Morgan fingerprint density at radius 3 is 1.70 bits per heavy atom. The lowest BCUT2D eigenvalue weighted by atomic mass is 10.0. The Hall–Kier alpha value is -0.120. The molecule has 140 valence electrons. The maximum atomic E-state index is 5.44. The lowest BCUT2D eigenvalue weighted by Gasteiger charge is -2.15. The van der Waals surface area contributed by atoms with Gasteiger partial charge < -0.3 is 0 Å². The molecule has 0 aliphatic rings. The molecule has 0 saturated heterocycles. The van der Waals surface area contributed by atoms with Crippen LogP contribution in [0.3, 0.4) is 0 Å². The summed E-state index contributed by atoms with van der Waals surface area (Å²) >= 11 is 0. The maximum absolute atomic E-state index is 5.44. The first-order chi connectivity index (χ1) is 11.3. The standard InChI is InChI=1S/C20H42O3/c1-4-7-10-11-12-13-14-15-16-18-20(17-8-5-2)22-23-21-19-9-6-3/h20H,4-19H2,1-3H3. The molecule has 0 fully saturated rings. The smallest absolute Gasteiger partial charge is 0.0961 e. The molecule has 0 heterocycles. The molecule has 3 nitrogen and oxygen atoms in total. The molecule has 0 aromatic heterocycles. The van der Waals surface area contributed by atoms with Gasteiger partial charge in [0.2, 0.25) is 0 Å². The Morgan fingerprint density at radius 1 is 0.565 bits per heavy atom. The topological polar surface area (TPSA) is 27.7 Å². The van der Waals surface area contributed by atoms with Crippen molar-refractivity contribution in [3.8, 4) is 0 Å². The minimum Gasteiger partial charge on any atom is -0.206 e. The van der Waals surface area contributed by atoms with Crippen LogP contribution >= 0.6 is 0 Å². The Morgan fingerprint density at radius 2 is 1.09 bits per heavy atom. The second-order valence-electron chi connectivity index (χ2n) is 6.72. The van der Waals surface area contributed by atoms with Crippen LogP contribution in [0, 0.1) is 0 Å². The molecule has 0 bridgehead atoms. The predicted molar refractivity (Wildman–Crippen MR) is 98.2 cm³/mol. The molecule has 3 heteroatoms. The van der Waals surface area contributed by atoms with Crippen LogP contribution in [-0.2, 0) is 14.8 Å². The average molecular weight is 331 g/mol. The molecule has 0 spiro atoms. The molecule has 23 heavy (non-hydrogen) atoms. The highest BCUT2D eigenvalue weighted by Gasteiger charge is 2.10. The molecule has 0 aliphatic heterocycles. The minimum atomic E-state index is 0.195. The zero-order valence-corrected chi connectivity index (χ0v) is 16.1. The lowest BCUT2D eigenvalue weighted by Crippen LogP contribution is -2.14. The van der Waals surface area contributed by atoms with Crippen molar-refractivity contribution in [1.29, 1.82) is 0 Å². The SMILES string of the molecule is CCCCCCCCCCCC(CCCC)OOOCCCC. The summed E-state index contributed by atoms with van der Waals surface area (Å²) in [4.78, 5) is 10.5. The lowest BCUT2D eigenvalue weighted by molar-refractivity contribution is -0.527. The van der Waals surface area contributed by atoms with Crippen LogP contribution in [0.2, 0.25) is 0 Å². The largest absolute Gasteiger partial charge is 0.206 e. The summed E-state index contributed by atoms with van der Waals surface area (Å²) in [5.41, 5.74) is 0. The third-order valence-electron chi connectivity index (χ3n) is 4.31. The Labute approximate surface area is 145 Å². The quantitative estimate of drug-likeness (QED) is 0.143. The zero-order chi connectivity index (χ0) is 17.0. The first kappa shape index (κ1) is 22.9. The van der Waals surface area contributed by atoms with Gasteiger partial charge in [0.1, 0.15) is 0 Å². The van der Waals surface area contributed by atoms with Crippen LogP contribution in [0.5, 0.6) is 0 Å². The van der Waals surface area contributed by atoms with Crippen molar-refractivity contribution in [3.63, 3.8) is 0 Å². The van der Waals surface area contributed by atoms with E-state index < -0.39 is 0 Å². The van der Waals surface area contributed by atoms with Gasteiger partial charge in [-0.3, -0.25) is 0 Å². The predicted octanol–water partition coefficient (Wildman–Crippen LogP) is 7.15.